The fourth-order valence-electron chi connectivity index (χ4n) is 8.59. The van der Waals surface area contributed by atoms with E-state index in [2.05, 4.69) is 47.7 Å². The van der Waals surface area contributed by atoms with Crippen molar-refractivity contribution in [2.45, 2.75) is 38.2 Å². The van der Waals surface area contributed by atoms with Gasteiger partial charge in [0, 0.05) is 105 Å². The first-order valence-corrected chi connectivity index (χ1v) is 22.9. The summed E-state index contributed by atoms with van der Waals surface area (Å²) in [6.45, 7) is 9.15. The van der Waals surface area contributed by atoms with E-state index in [9.17, 15) is 27.6 Å². The average molecular weight is 924 g/mol. The van der Waals surface area contributed by atoms with E-state index in [1.165, 1.54) is 19.6 Å². The number of primary amides is 1. The molecule has 66 heavy (non-hydrogen) atoms. The second-order valence-corrected chi connectivity index (χ2v) is 18.1. The Morgan fingerprint density at radius 1 is 1.02 bits per heavy atom. The van der Waals surface area contributed by atoms with Crippen molar-refractivity contribution in [2.24, 2.45) is 17.4 Å². The van der Waals surface area contributed by atoms with Gasteiger partial charge in [-0.15, -0.1) is 0 Å². The number of Topliss-reactive ketones (excluding diaryl/α,β-unsaturated/α-hetero) is 2. The number of aromatic nitrogens is 3. The third-order valence-corrected chi connectivity index (χ3v) is 12.0. The van der Waals surface area contributed by atoms with Crippen LogP contribution in [0, 0.1) is 12.8 Å². The van der Waals surface area contributed by atoms with Crippen LogP contribution in [0.1, 0.15) is 28.4 Å². The highest BCUT2D eigenvalue weighted by atomic mass is 32.2. The molecule has 1 aliphatic carbocycles. The molecule has 2 aromatic heterocycles. The first-order valence-electron chi connectivity index (χ1n) is 21.0. The molecule has 348 valence electrons. The van der Waals surface area contributed by atoms with Crippen LogP contribution < -0.4 is 27.4 Å². The van der Waals surface area contributed by atoms with Crippen LogP contribution in [-0.4, -0.2) is 144 Å². The van der Waals surface area contributed by atoms with Gasteiger partial charge in [0.2, 0.25) is 17.5 Å². The van der Waals surface area contributed by atoms with E-state index in [0.29, 0.717) is 35.7 Å². The van der Waals surface area contributed by atoms with Gasteiger partial charge in [-0.25, -0.2) is 14.8 Å². The van der Waals surface area contributed by atoms with Gasteiger partial charge >= 0.3 is 6.09 Å². The molecule has 20 nitrogen and oxygen atoms in total. The molecule has 8 N–H and O–H groups in total. The number of ether oxygens (including phenoxy) is 2. The van der Waals surface area contributed by atoms with Crippen LogP contribution in [0.25, 0.3) is 11.3 Å². The predicted octanol–water partition coefficient (Wildman–Crippen LogP) is 2.44. The third-order valence-electron chi connectivity index (χ3n) is 12.0. The molecule has 2 aromatic carbocycles. The largest absolute Gasteiger partial charge is 0.449 e. The van der Waals surface area contributed by atoms with Crippen molar-refractivity contribution in [1.82, 2.24) is 35.0 Å². The van der Waals surface area contributed by atoms with Gasteiger partial charge in [-0.2, -0.15) is 8.42 Å². The van der Waals surface area contributed by atoms with Crippen molar-refractivity contribution in [2.75, 3.05) is 70.4 Å². The first-order chi connectivity index (χ1) is 31.4. The van der Waals surface area contributed by atoms with Gasteiger partial charge in [-0.05, 0) is 74.5 Å². The smallest absolute Gasteiger partial charge is 0.404 e. The molecule has 4 aliphatic heterocycles. The van der Waals surface area contributed by atoms with Crippen molar-refractivity contribution >= 4 is 51.0 Å². The predicted molar refractivity (Wildman–Crippen MR) is 244 cm³/mol. The van der Waals surface area contributed by atoms with Crippen molar-refractivity contribution in [3.8, 4) is 11.3 Å². The highest BCUT2D eigenvalue weighted by Gasteiger charge is 2.72. The zero-order chi connectivity index (χ0) is 47.5. The van der Waals surface area contributed by atoms with Crippen LogP contribution in [0.15, 0.2) is 102 Å². The number of aryl methyl sites for hydroxylation is 1. The lowest BCUT2D eigenvalue weighted by Crippen LogP contribution is -2.55. The Hall–Kier alpha value is -6.62. The molecule has 0 spiro atoms. The minimum atomic E-state index is -3.67. The number of anilines is 3. The van der Waals surface area contributed by atoms with Gasteiger partial charge in [0.1, 0.15) is 6.61 Å². The molecule has 4 aromatic rings. The van der Waals surface area contributed by atoms with E-state index in [-0.39, 0.29) is 47.2 Å². The number of hydrogen-bond donors (Lipinski definition) is 6. The summed E-state index contributed by atoms with van der Waals surface area (Å²) >= 11 is 0. The summed E-state index contributed by atoms with van der Waals surface area (Å²) < 4.78 is 36.6. The van der Waals surface area contributed by atoms with Gasteiger partial charge in [-0.3, -0.25) is 28.8 Å². The number of nitrogens with zero attached hydrogens (tertiary/aromatic N) is 6. The number of methoxy groups -OCH3 is 1. The maximum Gasteiger partial charge on any atom is 0.404 e. The SMILES string of the molecule is CO[C@@]12[C@H](COC(N)=O)C3=C(C(=O)C(C)=C(N)C3=O)N1C[C@@H]1N[C@@H]12.CS(=O)(=O)O.Cc1ccc(NC(=O)c2ccc(CN3CCN(C)CC3)cc2)cc1Nc1nccc(-c2cccnc2)n1. The molecule has 9 rings (SSSR count). The Morgan fingerprint density at radius 3 is 2.38 bits per heavy atom. The molecule has 3 saturated heterocycles. The third kappa shape index (κ3) is 10.4. The summed E-state index contributed by atoms with van der Waals surface area (Å²) in [4.78, 5) is 69.3. The molecule has 0 radical (unpaired) electrons. The molecular weight excluding hydrogens is 871 g/mol. The van der Waals surface area contributed by atoms with Gasteiger partial charge in [0.15, 0.2) is 5.72 Å². The van der Waals surface area contributed by atoms with E-state index in [1.54, 1.807) is 18.6 Å². The number of hydrogen-bond acceptors (Lipinski definition) is 17. The quantitative estimate of drug-likeness (QED) is 0.0756. The molecule has 0 saturated carbocycles. The molecule has 21 heteroatoms. The Morgan fingerprint density at radius 2 is 1.73 bits per heavy atom. The maximum absolute atomic E-state index is 12.9. The summed E-state index contributed by atoms with van der Waals surface area (Å²) in [6.07, 6.45) is 4.98. The van der Waals surface area contributed by atoms with Crippen molar-refractivity contribution in [3.63, 3.8) is 0 Å². The second-order valence-electron chi connectivity index (χ2n) is 16.6. The van der Waals surface area contributed by atoms with Gasteiger partial charge in [0.05, 0.1) is 35.3 Å². The number of carbonyl (C=O) groups is 4. The van der Waals surface area contributed by atoms with Crippen LogP contribution in [0.5, 0.6) is 0 Å². The number of amides is 2. The van der Waals surface area contributed by atoms with Gasteiger partial charge < -0.3 is 46.7 Å². The minimum absolute atomic E-state index is 0.0586. The van der Waals surface area contributed by atoms with Crippen LogP contribution in [0.3, 0.4) is 0 Å². The Labute approximate surface area is 382 Å². The summed E-state index contributed by atoms with van der Waals surface area (Å²) in [7, 11) is 0.0106. The molecular formula is C45H53N11O9S. The van der Waals surface area contributed by atoms with E-state index in [4.69, 9.17) is 25.5 Å². The Bertz CT molecular complexity index is 2680. The minimum Gasteiger partial charge on any atom is -0.449 e. The van der Waals surface area contributed by atoms with Crippen LogP contribution >= 0.6 is 0 Å². The topological polar surface area (TPSA) is 288 Å². The Balaban J connectivity index is 0.000000191. The van der Waals surface area contributed by atoms with Crippen molar-refractivity contribution in [3.05, 3.63) is 118 Å². The zero-order valence-electron chi connectivity index (χ0n) is 37.1. The lowest BCUT2D eigenvalue weighted by Gasteiger charge is -2.39. The standard InChI is InChI=1S/C29H31N7O.C15H18N4O5.CH4O3S/c1-21-5-10-25(18-27(21)34-29-31-13-11-26(33-29)24-4-3-12-30-19-24)32-28(37)23-8-6-22(7-9-23)20-36-16-14-35(2)15-17-36;1-5-9(16)12(21)8-6(4-24-14(17)22)15(23-2)13-7(18-13)3-19(15)10(8)11(5)20;1-5(2,3)4/h3-13,18-19H,14-17,20H2,1-2H3,(H,32,37)(H,31,33,34);6-7,13,18H,3-4,16H2,1-2H3,(H2,17,22);1H3,(H,2,3,4)/t;6-,7+,13+,15-;/m.1./s1. The molecule has 0 unspecified atom stereocenters. The van der Waals surface area contributed by atoms with Crippen LogP contribution in [0.4, 0.5) is 22.1 Å². The van der Waals surface area contributed by atoms with Gasteiger partial charge in [0.25, 0.3) is 16.0 Å². The highest BCUT2D eigenvalue weighted by molar-refractivity contribution is 7.85. The number of benzene rings is 2. The number of piperazine rings is 2. The van der Waals surface area contributed by atoms with E-state index >= 15 is 0 Å². The summed E-state index contributed by atoms with van der Waals surface area (Å²) in [5.74, 6) is -1.01. The van der Waals surface area contributed by atoms with E-state index in [0.717, 1.165) is 55.2 Å². The fourth-order valence-corrected chi connectivity index (χ4v) is 8.59. The van der Waals surface area contributed by atoms with E-state index < -0.39 is 33.6 Å². The summed E-state index contributed by atoms with van der Waals surface area (Å²) in [5.41, 5.74) is 16.8. The normalized spacial score (nSPS) is 22.3. The van der Waals surface area contributed by atoms with Crippen LogP contribution in [0.2, 0.25) is 0 Å². The monoisotopic (exact) mass is 923 g/mol. The number of allylic oxidation sites excluding steroid dienone is 2. The molecule has 6 heterocycles. The molecule has 4 atom stereocenters. The number of pyridine rings is 1. The van der Waals surface area contributed by atoms with Crippen LogP contribution in [-0.2, 0) is 35.7 Å². The Kier molecular flexibility index (Phi) is 14.0. The number of nitrogens with two attached hydrogens (primary N) is 2. The maximum atomic E-state index is 12.9. The molecule has 0 bridgehead atoms. The number of rotatable bonds is 10. The lowest BCUT2D eigenvalue weighted by molar-refractivity contribution is -0.137. The number of nitrogens with one attached hydrogen (secondary N) is 3. The number of likely N-dealkylation sites (N-methyl/N-ethyl adjacent to an activating group) is 1. The molecule has 3 fully saturated rings. The average Bonchev–Trinajstić information content (AvgIpc) is 3.91. The molecule has 5 aliphatic rings. The second kappa shape index (κ2) is 19.5. The number of carbonyl (C=O) groups excluding carboxylic acids is 4. The zero-order valence-corrected chi connectivity index (χ0v) is 38.0. The molecule has 2 amide bonds. The van der Waals surface area contributed by atoms with E-state index in [1.807, 2.05) is 72.5 Å². The first kappa shape index (κ1) is 47.3. The fraction of sp³-hybridized carbons (Fsp3) is 0.356. The summed E-state index contributed by atoms with van der Waals surface area (Å²) in [5, 5.41) is 9.57. The van der Waals surface area contributed by atoms with Gasteiger partial charge in [-0.1, -0.05) is 18.2 Å². The number of fused-ring (bicyclic) bond motifs is 4. The lowest BCUT2D eigenvalue weighted by atomic mass is 9.82. The van der Waals surface area contributed by atoms with Crippen molar-refractivity contribution in [1.29, 1.82) is 0 Å². The van der Waals surface area contributed by atoms with Crippen molar-refractivity contribution < 1.29 is 41.6 Å². The summed E-state index contributed by atoms with van der Waals surface area (Å²) in [6, 6.07) is 19.4. The highest BCUT2D eigenvalue weighted by Crippen LogP contribution is 2.55. The number of ketones is 2.